The minimum absolute atomic E-state index is 0.186. The Labute approximate surface area is 99.7 Å². The standard InChI is InChI=1S/C12H18O5/c13-9-2-1-4-12-8(9)6-7(11(14)15)10(17-12)3-5-16-12/h7-10,13H,1-6H2,(H,14,15). The average Bonchev–Trinajstić information content (AvgIpc) is 2.28. The second-order valence-corrected chi connectivity index (χ2v) is 5.35. The molecule has 96 valence electrons. The lowest BCUT2D eigenvalue weighted by Gasteiger charge is -2.55. The van der Waals surface area contributed by atoms with Crippen LogP contribution in [0.4, 0.5) is 0 Å². The van der Waals surface area contributed by atoms with Crippen molar-refractivity contribution < 1.29 is 24.5 Å². The van der Waals surface area contributed by atoms with Crippen LogP contribution in [0.15, 0.2) is 0 Å². The Morgan fingerprint density at radius 3 is 2.94 bits per heavy atom. The van der Waals surface area contributed by atoms with Gasteiger partial charge in [0.25, 0.3) is 0 Å². The highest BCUT2D eigenvalue weighted by molar-refractivity contribution is 5.71. The molecule has 2 bridgehead atoms. The fourth-order valence-electron chi connectivity index (χ4n) is 3.57. The molecule has 1 aliphatic carbocycles. The van der Waals surface area contributed by atoms with Crippen LogP contribution in [0, 0.1) is 11.8 Å². The fourth-order valence-corrected chi connectivity index (χ4v) is 3.57. The largest absolute Gasteiger partial charge is 0.481 e. The van der Waals surface area contributed by atoms with Crippen LogP contribution in [0.3, 0.4) is 0 Å². The maximum absolute atomic E-state index is 11.2. The van der Waals surface area contributed by atoms with E-state index < -0.39 is 23.8 Å². The summed E-state index contributed by atoms with van der Waals surface area (Å²) in [7, 11) is 0. The van der Waals surface area contributed by atoms with Crippen molar-refractivity contribution in [1.29, 1.82) is 0 Å². The lowest BCUT2D eigenvalue weighted by Crippen LogP contribution is -2.62. The second kappa shape index (κ2) is 3.93. The third-order valence-corrected chi connectivity index (χ3v) is 4.43. The summed E-state index contributed by atoms with van der Waals surface area (Å²) in [4.78, 5) is 11.2. The first kappa shape index (κ1) is 11.4. The van der Waals surface area contributed by atoms with Gasteiger partial charge in [-0.3, -0.25) is 4.79 Å². The molecule has 0 aromatic heterocycles. The minimum Gasteiger partial charge on any atom is -0.481 e. The maximum Gasteiger partial charge on any atom is 0.309 e. The molecule has 0 amide bonds. The van der Waals surface area contributed by atoms with Crippen molar-refractivity contribution in [3.05, 3.63) is 0 Å². The number of carbonyl (C=O) groups is 1. The first-order chi connectivity index (χ1) is 8.12. The second-order valence-electron chi connectivity index (χ2n) is 5.35. The quantitative estimate of drug-likeness (QED) is 0.709. The molecule has 3 rings (SSSR count). The van der Waals surface area contributed by atoms with Gasteiger partial charge in [0, 0.05) is 12.3 Å². The van der Waals surface area contributed by atoms with Crippen molar-refractivity contribution >= 4 is 5.97 Å². The summed E-state index contributed by atoms with van der Waals surface area (Å²) in [5.74, 6) is -2.20. The van der Waals surface area contributed by atoms with Crippen LogP contribution in [0.1, 0.15) is 32.1 Å². The molecule has 0 aromatic carbocycles. The number of aliphatic carboxylic acids is 1. The monoisotopic (exact) mass is 242 g/mol. The van der Waals surface area contributed by atoms with E-state index in [4.69, 9.17) is 9.47 Å². The van der Waals surface area contributed by atoms with Crippen LogP contribution in [-0.4, -0.2) is 40.8 Å². The van der Waals surface area contributed by atoms with Gasteiger partial charge < -0.3 is 19.7 Å². The molecule has 2 heterocycles. The Morgan fingerprint density at radius 2 is 2.18 bits per heavy atom. The van der Waals surface area contributed by atoms with Gasteiger partial charge in [0.2, 0.25) is 0 Å². The Kier molecular flexibility index (Phi) is 2.65. The molecular weight excluding hydrogens is 224 g/mol. The number of ether oxygens (including phenoxy) is 2. The lowest BCUT2D eigenvalue weighted by molar-refractivity contribution is -0.367. The highest BCUT2D eigenvalue weighted by Crippen LogP contribution is 2.49. The number of hydrogen-bond acceptors (Lipinski definition) is 4. The van der Waals surface area contributed by atoms with E-state index in [2.05, 4.69) is 0 Å². The van der Waals surface area contributed by atoms with E-state index >= 15 is 0 Å². The Morgan fingerprint density at radius 1 is 1.35 bits per heavy atom. The van der Waals surface area contributed by atoms with E-state index in [1.807, 2.05) is 0 Å². The predicted molar refractivity (Wildman–Crippen MR) is 57.3 cm³/mol. The summed E-state index contributed by atoms with van der Waals surface area (Å²) in [5, 5.41) is 19.3. The van der Waals surface area contributed by atoms with Crippen molar-refractivity contribution in [2.45, 2.75) is 50.1 Å². The topological polar surface area (TPSA) is 76.0 Å². The highest BCUT2D eigenvalue weighted by Gasteiger charge is 2.57. The van der Waals surface area contributed by atoms with Gasteiger partial charge in [-0.2, -0.15) is 0 Å². The summed E-state index contributed by atoms with van der Waals surface area (Å²) >= 11 is 0. The number of aliphatic hydroxyl groups is 1. The van der Waals surface area contributed by atoms with Gasteiger partial charge in [0.1, 0.15) is 0 Å². The average molecular weight is 242 g/mol. The molecule has 5 unspecified atom stereocenters. The van der Waals surface area contributed by atoms with Crippen molar-refractivity contribution in [3.8, 4) is 0 Å². The Balaban J connectivity index is 1.90. The Hall–Kier alpha value is -0.650. The third-order valence-electron chi connectivity index (χ3n) is 4.43. The van der Waals surface area contributed by atoms with Crippen LogP contribution >= 0.6 is 0 Å². The SMILES string of the molecule is O=C(O)C1CC2C(O)CCCC23OCCC1O3. The molecule has 0 radical (unpaired) electrons. The fraction of sp³-hybridized carbons (Fsp3) is 0.917. The van der Waals surface area contributed by atoms with Gasteiger partial charge in [-0.05, 0) is 25.7 Å². The van der Waals surface area contributed by atoms with Crippen LogP contribution in [0.25, 0.3) is 0 Å². The van der Waals surface area contributed by atoms with E-state index in [1.165, 1.54) is 0 Å². The molecule has 5 atom stereocenters. The molecule has 5 nitrogen and oxygen atoms in total. The predicted octanol–water partition coefficient (Wildman–Crippen LogP) is 0.754. The molecule has 2 N–H and O–H groups in total. The molecule has 2 aliphatic heterocycles. The van der Waals surface area contributed by atoms with E-state index in [0.29, 0.717) is 19.4 Å². The van der Waals surface area contributed by atoms with Gasteiger partial charge in [0.05, 0.1) is 24.7 Å². The molecule has 1 spiro atoms. The van der Waals surface area contributed by atoms with Crippen molar-refractivity contribution in [2.24, 2.45) is 11.8 Å². The van der Waals surface area contributed by atoms with Gasteiger partial charge in [-0.15, -0.1) is 0 Å². The first-order valence-electron chi connectivity index (χ1n) is 6.35. The normalized spacial score (nSPS) is 49.5. The molecule has 1 saturated carbocycles. The van der Waals surface area contributed by atoms with E-state index in [0.717, 1.165) is 19.3 Å². The van der Waals surface area contributed by atoms with E-state index in [1.54, 1.807) is 0 Å². The zero-order chi connectivity index (χ0) is 12.0. The summed E-state index contributed by atoms with van der Waals surface area (Å²) in [5.41, 5.74) is 0. The number of hydrogen-bond donors (Lipinski definition) is 2. The van der Waals surface area contributed by atoms with Crippen molar-refractivity contribution in [2.75, 3.05) is 6.61 Å². The van der Waals surface area contributed by atoms with E-state index in [-0.39, 0.29) is 12.0 Å². The van der Waals surface area contributed by atoms with Crippen LogP contribution in [-0.2, 0) is 14.3 Å². The first-order valence-corrected chi connectivity index (χ1v) is 6.35. The zero-order valence-electron chi connectivity index (χ0n) is 9.67. The van der Waals surface area contributed by atoms with Gasteiger partial charge in [-0.1, -0.05) is 0 Å². The molecule has 0 aromatic rings. The van der Waals surface area contributed by atoms with Gasteiger partial charge in [-0.25, -0.2) is 0 Å². The lowest BCUT2D eigenvalue weighted by atomic mass is 9.71. The molecule has 17 heavy (non-hydrogen) atoms. The van der Waals surface area contributed by atoms with Gasteiger partial charge in [0.15, 0.2) is 5.79 Å². The number of aliphatic hydroxyl groups excluding tert-OH is 1. The summed E-state index contributed by atoms with van der Waals surface area (Å²) < 4.78 is 11.7. The Bertz CT molecular complexity index is 327. The molecule has 2 saturated heterocycles. The van der Waals surface area contributed by atoms with Crippen LogP contribution in [0.2, 0.25) is 0 Å². The van der Waals surface area contributed by atoms with Crippen LogP contribution in [0.5, 0.6) is 0 Å². The number of rotatable bonds is 1. The highest BCUT2D eigenvalue weighted by atomic mass is 16.7. The number of carboxylic acids is 1. The number of carboxylic acid groups (broad SMARTS) is 1. The van der Waals surface area contributed by atoms with Gasteiger partial charge >= 0.3 is 5.97 Å². The molecule has 3 aliphatic rings. The van der Waals surface area contributed by atoms with Crippen LogP contribution < -0.4 is 0 Å². The molecular formula is C12H18O5. The minimum atomic E-state index is -0.816. The number of fused-ring (bicyclic) bond motifs is 1. The summed E-state index contributed by atoms with van der Waals surface area (Å²) in [6, 6.07) is 0. The van der Waals surface area contributed by atoms with Crippen molar-refractivity contribution in [1.82, 2.24) is 0 Å². The summed E-state index contributed by atoms with van der Waals surface area (Å²) in [6.45, 7) is 0.539. The van der Waals surface area contributed by atoms with E-state index in [9.17, 15) is 15.0 Å². The summed E-state index contributed by atoms with van der Waals surface area (Å²) in [6.07, 6.45) is 2.74. The third kappa shape index (κ3) is 1.68. The smallest absolute Gasteiger partial charge is 0.309 e. The molecule has 3 fully saturated rings. The maximum atomic E-state index is 11.2. The zero-order valence-corrected chi connectivity index (χ0v) is 9.67. The molecule has 5 heteroatoms. The van der Waals surface area contributed by atoms with Crippen molar-refractivity contribution in [3.63, 3.8) is 0 Å².